The minimum Gasteiger partial charge on any atom is -0.468 e. The molecule has 1 N–H and O–H groups in total. The maximum atomic E-state index is 11.8. The quantitative estimate of drug-likeness (QED) is 0.460. The molecule has 1 aromatic rings. The first kappa shape index (κ1) is 14.9. The van der Waals surface area contributed by atoms with Gasteiger partial charge in [-0.25, -0.2) is 9.97 Å². The van der Waals surface area contributed by atoms with E-state index in [-0.39, 0.29) is 5.97 Å². The lowest BCUT2D eigenvalue weighted by Crippen LogP contribution is -2.52. The lowest BCUT2D eigenvalue weighted by atomic mass is 10.1. The van der Waals surface area contributed by atoms with Gasteiger partial charge in [0.25, 0.3) is 0 Å². The predicted octanol–water partition coefficient (Wildman–Crippen LogP) is 1.50. The van der Waals surface area contributed by atoms with E-state index >= 15 is 0 Å². The second-order valence-corrected chi connectivity index (χ2v) is 5.08. The second kappa shape index (κ2) is 7.33. The van der Waals surface area contributed by atoms with Crippen molar-refractivity contribution in [3.8, 4) is 0 Å². The van der Waals surface area contributed by atoms with Crippen molar-refractivity contribution in [2.45, 2.75) is 30.8 Å². The molecule has 0 amide bonds. The maximum absolute atomic E-state index is 11.8. The Bertz CT molecular complexity index is 375. The molecule has 1 atom stereocenters. The van der Waals surface area contributed by atoms with Crippen LogP contribution in [0.1, 0.15) is 20.3 Å². The molecule has 0 fully saturated rings. The van der Waals surface area contributed by atoms with Crippen molar-refractivity contribution in [1.82, 2.24) is 15.3 Å². The van der Waals surface area contributed by atoms with E-state index in [9.17, 15) is 4.79 Å². The summed E-state index contributed by atoms with van der Waals surface area (Å²) < 4.78 is 4.85. The standard InChI is InChI=1S/C12H19N3O2S/c1-4-6-15-12(2,11(16)17-3)8-18-10-5-7-13-9-14-10/h5,7,9,15H,4,6,8H2,1-3H3. The number of thioether (sulfide) groups is 1. The third kappa shape index (κ3) is 4.27. The topological polar surface area (TPSA) is 64.1 Å². The Hall–Kier alpha value is -1.14. The first-order valence-electron chi connectivity index (χ1n) is 5.84. The summed E-state index contributed by atoms with van der Waals surface area (Å²) in [6.45, 7) is 4.68. The molecule has 5 nitrogen and oxygen atoms in total. The van der Waals surface area contributed by atoms with Gasteiger partial charge < -0.3 is 10.1 Å². The highest BCUT2D eigenvalue weighted by molar-refractivity contribution is 7.99. The van der Waals surface area contributed by atoms with Gasteiger partial charge in [-0.15, -0.1) is 11.8 Å². The third-order valence-electron chi connectivity index (χ3n) is 2.46. The van der Waals surface area contributed by atoms with Crippen LogP contribution in [-0.4, -0.2) is 40.9 Å². The fourth-order valence-corrected chi connectivity index (χ4v) is 2.33. The van der Waals surface area contributed by atoms with Gasteiger partial charge in [0.2, 0.25) is 0 Å². The molecule has 1 heterocycles. The van der Waals surface area contributed by atoms with Crippen LogP contribution in [0.2, 0.25) is 0 Å². The van der Waals surface area contributed by atoms with Crippen molar-refractivity contribution in [2.75, 3.05) is 19.4 Å². The number of hydrogen-bond acceptors (Lipinski definition) is 6. The summed E-state index contributed by atoms with van der Waals surface area (Å²) in [4.78, 5) is 19.8. The SMILES string of the molecule is CCCNC(C)(CSc1ccncn1)C(=O)OC. The van der Waals surface area contributed by atoms with Crippen LogP contribution in [0.15, 0.2) is 23.6 Å². The summed E-state index contributed by atoms with van der Waals surface area (Å²) in [7, 11) is 1.41. The minimum atomic E-state index is -0.694. The average Bonchev–Trinajstić information content (AvgIpc) is 2.43. The largest absolute Gasteiger partial charge is 0.468 e. The summed E-state index contributed by atoms with van der Waals surface area (Å²) in [5.41, 5.74) is -0.694. The molecule has 0 aliphatic heterocycles. The van der Waals surface area contributed by atoms with E-state index in [0.29, 0.717) is 5.75 Å². The fourth-order valence-electron chi connectivity index (χ4n) is 1.39. The number of hydrogen-bond donors (Lipinski definition) is 1. The van der Waals surface area contributed by atoms with Crippen molar-refractivity contribution < 1.29 is 9.53 Å². The number of ether oxygens (including phenoxy) is 1. The van der Waals surface area contributed by atoms with Crippen LogP contribution in [0.4, 0.5) is 0 Å². The zero-order valence-electron chi connectivity index (χ0n) is 11.0. The number of carbonyl (C=O) groups is 1. The Balaban J connectivity index is 2.64. The van der Waals surface area contributed by atoms with E-state index in [1.165, 1.54) is 25.2 Å². The average molecular weight is 269 g/mol. The number of methoxy groups -OCH3 is 1. The van der Waals surface area contributed by atoms with E-state index in [4.69, 9.17) is 4.74 Å². The molecule has 1 rings (SSSR count). The Kier molecular flexibility index (Phi) is 6.07. The lowest BCUT2D eigenvalue weighted by molar-refractivity contribution is -0.146. The first-order chi connectivity index (χ1) is 8.62. The summed E-state index contributed by atoms with van der Waals surface area (Å²) >= 11 is 1.51. The normalized spacial score (nSPS) is 13.9. The molecule has 1 aromatic heterocycles. The molecule has 1 unspecified atom stereocenters. The van der Waals surface area contributed by atoms with Crippen LogP contribution < -0.4 is 5.32 Å². The van der Waals surface area contributed by atoms with Gasteiger partial charge in [0.1, 0.15) is 11.9 Å². The minimum absolute atomic E-state index is 0.252. The summed E-state index contributed by atoms with van der Waals surface area (Å²) in [5, 5.41) is 4.07. The molecule has 0 spiro atoms. The molecule has 0 saturated carbocycles. The lowest BCUT2D eigenvalue weighted by Gasteiger charge is -2.27. The van der Waals surface area contributed by atoms with Gasteiger partial charge in [-0.3, -0.25) is 4.79 Å². The number of nitrogens with zero attached hydrogens (tertiary/aromatic N) is 2. The Morgan fingerprint density at radius 1 is 1.61 bits per heavy atom. The van der Waals surface area contributed by atoms with Gasteiger partial charge in [0, 0.05) is 11.9 Å². The molecule has 18 heavy (non-hydrogen) atoms. The smallest absolute Gasteiger partial charge is 0.326 e. The highest BCUT2D eigenvalue weighted by Crippen LogP contribution is 2.21. The Morgan fingerprint density at radius 2 is 2.39 bits per heavy atom. The van der Waals surface area contributed by atoms with E-state index in [2.05, 4.69) is 22.2 Å². The van der Waals surface area contributed by atoms with Crippen molar-refractivity contribution >= 4 is 17.7 Å². The number of aromatic nitrogens is 2. The van der Waals surface area contributed by atoms with Crippen LogP contribution in [0.3, 0.4) is 0 Å². The highest BCUT2D eigenvalue weighted by Gasteiger charge is 2.33. The Labute approximate surface area is 112 Å². The van der Waals surface area contributed by atoms with Crippen molar-refractivity contribution in [3.63, 3.8) is 0 Å². The fraction of sp³-hybridized carbons (Fsp3) is 0.583. The van der Waals surface area contributed by atoms with Crippen LogP contribution in [-0.2, 0) is 9.53 Å². The number of rotatable bonds is 7. The molecule has 100 valence electrons. The molecule has 0 aliphatic carbocycles. The number of carbonyl (C=O) groups excluding carboxylic acids is 1. The predicted molar refractivity (Wildman–Crippen MR) is 71.5 cm³/mol. The maximum Gasteiger partial charge on any atom is 0.326 e. The molecular formula is C12H19N3O2S. The molecule has 0 bridgehead atoms. The van der Waals surface area contributed by atoms with Gasteiger partial charge >= 0.3 is 5.97 Å². The van der Waals surface area contributed by atoms with Gasteiger partial charge in [-0.2, -0.15) is 0 Å². The molecule has 0 aromatic carbocycles. The number of esters is 1. The van der Waals surface area contributed by atoms with Gasteiger partial charge in [-0.05, 0) is 26.0 Å². The molecular weight excluding hydrogens is 250 g/mol. The molecule has 6 heteroatoms. The second-order valence-electron chi connectivity index (χ2n) is 4.09. The van der Waals surface area contributed by atoms with Crippen LogP contribution in [0, 0.1) is 0 Å². The van der Waals surface area contributed by atoms with E-state index in [1.54, 1.807) is 6.20 Å². The van der Waals surface area contributed by atoms with E-state index in [0.717, 1.165) is 18.0 Å². The molecule has 0 aliphatic rings. The van der Waals surface area contributed by atoms with Crippen LogP contribution in [0.25, 0.3) is 0 Å². The van der Waals surface area contributed by atoms with Crippen LogP contribution in [0.5, 0.6) is 0 Å². The number of nitrogens with one attached hydrogen (secondary N) is 1. The van der Waals surface area contributed by atoms with E-state index < -0.39 is 5.54 Å². The van der Waals surface area contributed by atoms with Gasteiger partial charge in [0.05, 0.1) is 12.1 Å². The van der Waals surface area contributed by atoms with Crippen molar-refractivity contribution in [1.29, 1.82) is 0 Å². The van der Waals surface area contributed by atoms with Gasteiger partial charge in [0.15, 0.2) is 0 Å². The van der Waals surface area contributed by atoms with E-state index in [1.807, 2.05) is 13.0 Å². The molecule has 0 saturated heterocycles. The zero-order chi connectivity index (χ0) is 13.4. The summed E-state index contributed by atoms with van der Waals surface area (Å²) in [5.74, 6) is 0.314. The summed E-state index contributed by atoms with van der Waals surface area (Å²) in [6.07, 6.45) is 4.15. The molecule has 0 radical (unpaired) electrons. The third-order valence-corrected chi connectivity index (χ3v) is 3.72. The summed E-state index contributed by atoms with van der Waals surface area (Å²) in [6, 6.07) is 1.82. The monoisotopic (exact) mass is 269 g/mol. The zero-order valence-corrected chi connectivity index (χ0v) is 11.8. The van der Waals surface area contributed by atoms with Crippen molar-refractivity contribution in [3.05, 3.63) is 18.6 Å². The highest BCUT2D eigenvalue weighted by atomic mass is 32.2. The van der Waals surface area contributed by atoms with Crippen LogP contribution >= 0.6 is 11.8 Å². The Morgan fingerprint density at radius 3 is 2.94 bits per heavy atom. The van der Waals surface area contributed by atoms with Crippen molar-refractivity contribution in [2.24, 2.45) is 0 Å². The first-order valence-corrected chi connectivity index (χ1v) is 6.83. The van der Waals surface area contributed by atoms with Gasteiger partial charge in [-0.1, -0.05) is 6.92 Å².